The van der Waals surface area contributed by atoms with Crippen molar-refractivity contribution in [2.75, 3.05) is 0 Å². The fourth-order valence-electron chi connectivity index (χ4n) is 2.61. The molecular weight excluding hydrogens is 200 g/mol. The van der Waals surface area contributed by atoms with Gasteiger partial charge >= 0.3 is 0 Å². The van der Waals surface area contributed by atoms with Gasteiger partial charge in [0, 0.05) is 0 Å². The fourth-order valence-corrected chi connectivity index (χ4v) is 2.61. The highest BCUT2D eigenvalue weighted by atomic mass is 15.0. The molecule has 0 bridgehead atoms. The van der Waals surface area contributed by atoms with Crippen LogP contribution in [-0.2, 0) is 11.3 Å². The predicted octanol–water partition coefficient (Wildman–Crippen LogP) is 0.319. The van der Waals surface area contributed by atoms with E-state index in [2.05, 4.69) is 0 Å². The summed E-state index contributed by atoms with van der Waals surface area (Å²) in [5.74, 6) is 0. The number of nitrogens with two attached hydrogens (primary N) is 4. The van der Waals surface area contributed by atoms with Crippen LogP contribution in [-0.4, -0.2) is 0 Å². The highest BCUT2D eigenvalue weighted by Crippen LogP contribution is 2.35. The van der Waals surface area contributed by atoms with Crippen molar-refractivity contribution < 1.29 is 0 Å². The fraction of sp³-hybridized carbons (Fsp3) is 0.500. The molecule has 0 saturated heterocycles. The molecule has 2 rings (SSSR count). The third-order valence-electron chi connectivity index (χ3n) is 3.42. The van der Waals surface area contributed by atoms with Crippen molar-refractivity contribution in [3.05, 3.63) is 34.9 Å². The maximum absolute atomic E-state index is 6.18. The standard InChI is InChI=1S/C12H20N4/c1-8-4-2-5-9-10(8)12(15,16)7-3-6-11(9,13)14/h2,4-5H,3,6-7,13-16H2,1H3. The van der Waals surface area contributed by atoms with Gasteiger partial charge in [-0.3, -0.25) is 0 Å². The van der Waals surface area contributed by atoms with Crippen LogP contribution in [0.2, 0.25) is 0 Å². The Bertz CT molecular complexity index is 409. The van der Waals surface area contributed by atoms with Crippen molar-refractivity contribution in [2.24, 2.45) is 22.9 Å². The molecule has 0 aliphatic heterocycles. The molecular formula is C12H20N4. The largest absolute Gasteiger partial charge is 0.310 e. The molecule has 0 amide bonds. The Balaban J connectivity index is 2.70. The molecule has 4 heteroatoms. The van der Waals surface area contributed by atoms with Crippen LogP contribution in [0.4, 0.5) is 0 Å². The minimum atomic E-state index is -0.818. The molecule has 1 aliphatic carbocycles. The van der Waals surface area contributed by atoms with Gasteiger partial charge < -0.3 is 22.9 Å². The van der Waals surface area contributed by atoms with Gasteiger partial charge in [0.05, 0.1) is 11.3 Å². The normalized spacial score (nSPS) is 22.3. The molecule has 88 valence electrons. The van der Waals surface area contributed by atoms with Crippen molar-refractivity contribution in [1.82, 2.24) is 0 Å². The van der Waals surface area contributed by atoms with Crippen LogP contribution >= 0.6 is 0 Å². The van der Waals surface area contributed by atoms with E-state index < -0.39 is 11.3 Å². The Morgan fingerprint density at radius 2 is 1.62 bits per heavy atom. The second kappa shape index (κ2) is 3.53. The zero-order chi connectivity index (χ0) is 12.0. The first-order valence-corrected chi connectivity index (χ1v) is 5.61. The van der Waals surface area contributed by atoms with Crippen molar-refractivity contribution in [2.45, 2.75) is 37.5 Å². The van der Waals surface area contributed by atoms with E-state index >= 15 is 0 Å². The molecule has 0 atom stereocenters. The van der Waals surface area contributed by atoms with Crippen LogP contribution in [0.15, 0.2) is 18.2 Å². The molecule has 0 fully saturated rings. The second-order valence-electron chi connectivity index (χ2n) is 4.93. The number of hydrogen-bond donors (Lipinski definition) is 4. The van der Waals surface area contributed by atoms with Crippen LogP contribution in [0, 0.1) is 6.92 Å². The lowest BCUT2D eigenvalue weighted by Crippen LogP contribution is -2.50. The van der Waals surface area contributed by atoms with Gasteiger partial charge in [-0.15, -0.1) is 0 Å². The van der Waals surface area contributed by atoms with Crippen molar-refractivity contribution in [3.8, 4) is 0 Å². The molecule has 0 radical (unpaired) electrons. The van der Waals surface area contributed by atoms with E-state index in [-0.39, 0.29) is 0 Å². The average molecular weight is 220 g/mol. The molecule has 0 aromatic heterocycles. The van der Waals surface area contributed by atoms with Crippen molar-refractivity contribution in [1.29, 1.82) is 0 Å². The number of hydrogen-bond acceptors (Lipinski definition) is 4. The van der Waals surface area contributed by atoms with E-state index in [1.807, 2.05) is 25.1 Å². The summed E-state index contributed by atoms with van der Waals surface area (Å²) in [5, 5.41) is 0. The number of rotatable bonds is 0. The lowest BCUT2D eigenvalue weighted by atomic mass is 9.87. The Kier molecular flexibility index (Phi) is 2.55. The first-order chi connectivity index (χ1) is 7.34. The summed E-state index contributed by atoms with van der Waals surface area (Å²) in [6.07, 6.45) is 2.26. The monoisotopic (exact) mass is 220 g/mol. The van der Waals surface area contributed by atoms with Gasteiger partial charge in [-0.2, -0.15) is 0 Å². The topological polar surface area (TPSA) is 104 Å². The summed E-state index contributed by atoms with van der Waals surface area (Å²) in [6, 6.07) is 5.88. The van der Waals surface area contributed by atoms with Crippen LogP contribution < -0.4 is 22.9 Å². The van der Waals surface area contributed by atoms with E-state index in [1.165, 1.54) is 0 Å². The molecule has 0 heterocycles. The van der Waals surface area contributed by atoms with Gasteiger partial charge in [0.1, 0.15) is 0 Å². The minimum absolute atomic E-state index is 0.708. The van der Waals surface area contributed by atoms with Crippen LogP contribution in [0.25, 0.3) is 0 Å². The average Bonchev–Trinajstić information content (AvgIpc) is 2.23. The minimum Gasteiger partial charge on any atom is -0.310 e. The molecule has 16 heavy (non-hydrogen) atoms. The van der Waals surface area contributed by atoms with Gasteiger partial charge in [0.2, 0.25) is 0 Å². The number of benzene rings is 1. The summed E-state index contributed by atoms with van der Waals surface area (Å²) >= 11 is 0. The van der Waals surface area contributed by atoms with E-state index in [0.717, 1.165) is 23.1 Å². The summed E-state index contributed by atoms with van der Waals surface area (Å²) < 4.78 is 0. The molecule has 1 aromatic carbocycles. The first-order valence-electron chi connectivity index (χ1n) is 5.61. The van der Waals surface area contributed by atoms with Crippen LogP contribution in [0.5, 0.6) is 0 Å². The van der Waals surface area contributed by atoms with Crippen molar-refractivity contribution in [3.63, 3.8) is 0 Å². The SMILES string of the molecule is Cc1cccc2c1C(N)(N)CCCC2(N)N. The molecule has 1 aliphatic rings. The zero-order valence-corrected chi connectivity index (χ0v) is 9.66. The third kappa shape index (κ3) is 1.74. The smallest absolute Gasteiger partial charge is 0.0905 e. The Labute approximate surface area is 96.0 Å². The van der Waals surface area contributed by atoms with E-state index in [0.29, 0.717) is 12.8 Å². The Morgan fingerprint density at radius 1 is 1.00 bits per heavy atom. The van der Waals surface area contributed by atoms with Gasteiger partial charge in [-0.1, -0.05) is 18.2 Å². The highest BCUT2D eigenvalue weighted by Gasteiger charge is 2.36. The summed E-state index contributed by atoms with van der Waals surface area (Å²) in [6.45, 7) is 1.99. The van der Waals surface area contributed by atoms with Crippen molar-refractivity contribution >= 4 is 0 Å². The van der Waals surface area contributed by atoms with E-state index in [9.17, 15) is 0 Å². The quantitative estimate of drug-likeness (QED) is 0.373. The Morgan fingerprint density at radius 3 is 2.31 bits per heavy atom. The third-order valence-corrected chi connectivity index (χ3v) is 3.42. The van der Waals surface area contributed by atoms with E-state index in [4.69, 9.17) is 22.9 Å². The number of fused-ring (bicyclic) bond motifs is 1. The van der Waals surface area contributed by atoms with Gasteiger partial charge in [0.25, 0.3) is 0 Å². The molecule has 0 spiro atoms. The molecule has 4 nitrogen and oxygen atoms in total. The molecule has 8 N–H and O–H groups in total. The summed E-state index contributed by atoms with van der Waals surface area (Å²) in [5.41, 5.74) is 25.9. The summed E-state index contributed by atoms with van der Waals surface area (Å²) in [4.78, 5) is 0. The van der Waals surface area contributed by atoms with Gasteiger partial charge in [-0.25, -0.2) is 0 Å². The van der Waals surface area contributed by atoms with Gasteiger partial charge in [0.15, 0.2) is 0 Å². The predicted molar refractivity (Wildman–Crippen MR) is 65.1 cm³/mol. The van der Waals surface area contributed by atoms with Crippen LogP contribution in [0.1, 0.15) is 36.0 Å². The maximum Gasteiger partial charge on any atom is 0.0905 e. The maximum atomic E-state index is 6.18. The summed E-state index contributed by atoms with van der Waals surface area (Å²) in [7, 11) is 0. The molecule has 1 aromatic rings. The van der Waals surface area contributed by atoms with Crippen LogP contribution in [0.3, 0.4) is 0 Å². The zero-order valence-electron chi connectivity index (χ0n) is 9.66. The first kappa shape index (κ1) is 11.5. The Hall–Kier alpha value is -0.940. The lowest BCUT2D eigenvalue weighted by Gasteiger charge is -2.30. The highest BCUT2D eigenvalue weighted by molar-refractivity contribution is 5.43. The van der Waals surface area contributed by atoms with E-state index in [1.54, 1.807) is 0 Å². The molecule has 0 unspecified atom stereocenters. The lowest BCUT2D eigenvalue weighted by molar-refractivity contribution is 0.387. The van der Waals surface area contributed by atoms with Gasteiger partial charge in [-0.05, 0) is 42.9 Å². The second-order valence-corrected chi connectivity index (χ2v) is 4.93. The number of aryl methyl sites for hydroxylation is 1. The molecule has 0 saturated carbocycles.